The van der Waals surface area contributed by atoms with Gasteiger partial charge in [-0.25, -0.2) is 18.0 Å². The third-order valence-corrected chi connectivity index (χ3v) is 13.7. The number of likely N-dealkylation sites (tertiary alicyclic amines) is 1. The Hall–Kier alpha value is -3.59. The number of hydrogen-bond acceptors (Lipinski definition) is 9. The summed E-state index contributed by atoms with van der Waals surface area (Å²) in [4.78, 5) is 68.1. The fourth-order valence-corrected chi connectivity index (χ4v) is 9.64. The molecule has 2 heterocycles. The van der Waals surface area contributed by atoms with Crippen LogP contribution < -0.4 is 15.8 Å². The van der Waals surface area contributed by atoms with Gasteiger partial charge in [-0.15, -0.1) is 0 Å². The lowest BCUT2D eigenvalue weighted by molar-refractivity contribution is -0.139. The molecule has 0 aromatic heterocycles. The highest BCUT2D eigenvalue weighted by Gasteiger charge is 2.56. The molecule has 4 N–H and O–H groups in total. The first kappa shape index (κ1) is 39.1. The van der Waals surface area contributed by atoms with Crippen molar-refractivity contribution >= 4 is 51.5 Å². The number of unbranched alkanes of at least 4 members (excludes halogenated alkanes) is 4. The standard InChI is InChI=1S/C37H52ClN5O9S/c1-37(34(46)41-53(49,50)29-15-16-29)19-25(37)9-5-3-2-4-6-12-30(40-35(47)51-27-10-7-8-11-27)33(45)43-22-28(18-31(43)32(39)44)52-36(48)42-20-23-13-14-26(38)17-24(23)21-42/h13-14,17,25,27-31H,2-12,15-16,18-22H2,1H3,(H2,39,44)(H,40,47)(H,41,46)/t25-,28-,30+,31+,37+/m1/s1. The SMILES string of the molecule is C[C@]1(C(=O)NS(=O)(=O)C2CC2)C[C@H]1CCCCCCC[C@H](NC(=O)OC1CCCC1)C(=O)N1C[C@H](OC(=O)N2Cc3ccc(Cl)cc3C2)C[C@H]1C(N)=O. The quantitative estimate of drug-likeness (QED) is 0.200. The number of primary amides is 1. The van der Waals surface area contributed by atoms with Crippen LogP contribution >= 0.6 is 11.6 Å². The summed E-state index contributed by atoms with van der Waals surface area (Å²) in [6.45, 7) is 2.49. The molecular formula is C37H52ClN5O9S. The van der Waals surface area contributed by atoms with Gasteiger partial charge in [-0.2, -0.15) is 0 Å². The van der Waals surface area contributed by atoms with E-state index < -0.39 is 68.8 Å². The molecule has 14 nitrogen and oxygen atoms in total. The van der Waals surface area contributed by atoms with Crippen molar-refractivity contribution in [1.82, 2.24) is 19.8 Å². The number of rotatable bonds is 16. The summed E-state index contributed by atoms with van der Waals surface area (Å²) in [5.74, 6) is -1.44. The molecule has 5 aliphatic rings. The highest BCUT2D eigenvalue weighted by molar-refractivity contribution is 7.90. The van der Waals surface area contributed by atoms with Crippen molar-refractivity contribution in [2.75, 3.05) is 6.54 Å². The van der Waals surface area contributed by atoms with Crippen LogP contribution in [0.2, 0.25) is 5.02 Å². The van der Waals surface area contributed by atoms with Crippen molar-refractivity contribution in [2.24, 2.45) is 17.1 Å². The van der Waals surface area contributed by atoms with Gasteiger partial charge in [-0.3, -0.25) is 24.0 Å². The van der Waals surface area contributed by atoms with Gasteiger partial charge in [0.1, 0.15) is 24.3 Å². The number of fused-ring (bicyclic) bond motifs is 1. The van der Waals surface area contributed by atoms with Crippen LogP contribution in [0.3, 0.4) is 0 Å². The number of halogens is 1. The number of alkyl carbamates (subject to hydrolysis) is 1. The number of ether oxygens (including phenoxy) is 2. The monoisotopic (exact) mass is 777 g/mol. The van der Waals surface area contributed by atoms with Crippen molar-refractivity contribution in [3.63, 3.8) is 0 Å². The minimum atomic E-state index is -3.56. The zero-order chi connectivity index (χ0) is 37.9. The summed E-state index contributed by atoms with van der Waals surface area (Å²) >= 11 is 6.12. The first-order chi connectivity index (χ1) is 25.2. The molecule has 4 fully saturated rings. The van der Waals surface area contributed by atoms with E-state index in [2.05, 4.69) is 10.0 Å². The smallest absolute Gasteiger partial charge is 0.410 e. The normalized spacial score (nSPS) is 25.8. The molecule has 6 rings (SSSR count). The Kier molecular flexibility index (Phi) is 12.1. The van der Waals surface area contributed by atoms with E-state index in [0.29, 0.717) is 50.2 Å². The number of nitrogens with one attached hydrogen (secondary N) is 2. The van der Waals surface area contributed by atoms with Crippen LogP contribution in [0.5, 0.6) is 0 Å². The number of carbonyl (C=O) groups excluding carboxylic acids is 5. The molecule has 1 aromatic rings. The van der Waals surface area contributed by atoms with Crippen LogP contribution in [0.1, 0.15) is 114 Å². The second kappa shape index (κ2) is 16.4. The molecule has 1 aromatic carbocycles. The highest BCUT2D eigenvalue weighted by Crippen LogP contribution is 2.55. The molecule has 0 bridgehead atoms. The van der Waals surface area contributed by atoms with Crippen molar-refractivity contribution < 1.29 is 41.9 Å². The predicted octanol–water partition coefficient (Wildman–Crippen LogP) is 4.65. The van der Waals surface area contributed by atoms with Gasteiger partial charge < -0.3 is 25.4 Å². The van der Waals surface area contributed by atoms with Crippen LogP contribution in [0.15, 0.2) is 18.2 Å². The van der Waals surface area contributed by atoms with Crippen LogP contribution in [-0.2, 0) is 47.0 Å². The molecule has 0 unspecified atom stereocenters. The molecule has 292 valence electrons. The molecule has 16 heteroatoms. The predicted molar refractivity (Wildman–Crippen MR) is 195 cm³/mol. The van der Waals surface area contributed by atoms with E-state index in [0.717, 1.165) is 68.9 Å². The summed E-state index contributed by atoms with van der Waals surface area (Å²) < 4.78 is 38.1. The van der Waals surface area contributed by atoms with Gasteiger partial charge >= 0.3 is 12.2 Å². The number of amides is 5. The molecule has 3 aliphatic carbocycles. The van der Waals surface area contributed by atoms with Gasteiger partial charge in [0.25, 0.3) is 0 Å². The number of carbonyl (C=O) groups is 5. The fraction of sp³-hybridized carbons (Fsp3) is 0.703. The third-order valence-electron chi connectivity index (χ3n) is 11.6. The summed E-state index contributed by atoms with van der Waals surface area (Å²) in [6.07, 6.45) is 8.45. The maximum Gasteiger partial charge on any atom is 0.410 e. The summed E-state index contributed by atoms with van der Waals surface area (Å²) in [7, 11) is -3.56. The Balaban J connectivity index is 0.978. The number of hydrogen-bond donors (Lipinski definition) is 3. The number of nitrogens with zero attached hydrogens (tertiary/aromatic N) is 2. The van der Waals surface area contributed by atoms with Gasteiger partial charge in [-0.05, 0) is 87.0 Å². The van der Waals surface area contributed by atoms with Crippen LogP contribution in [0.4, 0.5) is 9.59 Å². The first-order valence-electron chi connectivity index (χ1n) is 19.1. The topological polar surface area (TPSA) is 195 Å². The number of benzene rings is 1. The Bertz CT molecular complexity index is 1680. The third kappa shape index (κ3) is 9.75. The van der Waals surface area contributed by atoms with Gasteiger partial charge in [0.2, 0.25) is 27.7 Å². The molecular weight excluding hydrogens is 726 g/mol. The zero-order valence-electron chi connectivity index (χ0n) is 30.4. The van der Waals surface area contributed by atoms with E-state index in [9.17, 15) is 32.4 Å². The molecule has 0 spiro atoms. The minimum Gasteiger partial charge on any atom is -0.446 e. The van der Waals surface area contributed by atoms with Crippen molar-refractivity contribution in [2.45, 2.75) is 146 Å². The summed E-state index contributed by atoms with van der Waals surface area (Å²) in [5, 5.41) is 2.90. The maximum atomic E-state index is 14.0. The summed E-state index contributed by atoms with van der Waals surface area (Å²) in [6, 6.07) is 3.48. The summed E-state index contributed by atoms with van der Waals surface area (Å²) in [5.41, 5.74) is 6.99. The molecule has 5 amide bonds. The van der Waals surface area contributed by atoms with Crippen molar-refractivity contribution in [1.29, 1.82) is 0 Å². The molecule has 53 heavy (non-hydrogen) atoms. The van der Waals surface area contributed by atoms with Crippen LogP contribution in [0, 0.1) is 11.3 Å². The average molecular weight is 778 g/mol. The molecule has 3 saturated carbocycles. The van der Waals surface area contributed by atoms with E-state index in [-0.39, 0.29) is 25.0 Å². The van der Waals surface area contributed by atoms with Gasteiger partial charge in [0, 0.05) is 24.5 Å². The van der Waals surface area contributed by atoms with E-state index in [1.54, 1.807) is 6.07 Å². The first-order valence-corrected chi connectivity index (χ1v) is 21.0. The fourth-order valence-electron chi connectivity index (χ4n) is 8.03. The van der Waals surface area contributed by atoms with E-state index in [4.69, 9.17) is 26.8 Å². The Morgan fingerprint density at radius 1 is 0.962 bits per heavy atom. The number of sulfonamides is 1. The lowest BCUT2D eigenvalue weighted by Crippen LogP contribution is -2.53. The average Bonchev–Trinajstić information content (AvgIpc) is 3.87. The minimum absolute atomic E-state index is 0.0364. The second-order valence-corrected chi connectivity index (χ2v) is 18.2. The number of nitrogens with two attached hydrogens (primary N) is 1. The van der Waals surface area contributed by atoms with E-state index in [1.165, 1.54) is 9.80 Å². The second-order valence-electron chi connectivity index (χ2n) is 15.8. The molecule has 2 aliphatic heterocycles. The Morgan fingerprint density at radius 2 is 1.66 bits per heavy atom. The molecule has 1 saturated heterocycles. The largest absolute Gasteiger partial charge is 0.446 e. The van der Waals surface area contributed by atoms with Gasteiger partial charge in [-0.1, -0.05) is 56.7 Å². The molecule has 5 atom stereocenters. The van der Waals surface area contributed by atoms with Gasteiger partial charge in [0.05, 0.1) is 17.2 Å². The van der Waals surface area contributed by atoms with Crippen molar-refractivity contribution in [3.05, 3.63) is 34.3 Å². The van der Waals surface area contributed by atoms with Gasteiger partial charge in [0.15, 0.2) is 0 Å². The maximum absolute atomic E-state index is 14.0. The lowest BCUT2D eigenvalue weighted by Gasteiger charge is -2.28. The highest BCUT2D eigenvalue weighted by atomic mass is 35.5. The molecule has 0 radical (unpaired) electrons. The Labute approximate surface area is 316 Å². The Morgan fingerprint density at radius 3 is 2.38 bits per heavy atom. The van der Waals surface area contributed by atoms with E-state index >= 15 is 0 Å². The van der Waals surface area contributed by atoms with Crippen molar-refractivity contribution in [3.8, 4) is 0 Å². The van der Waals surface area contributed by atoms with Crippen LogP contribution in [-0.4, -0.2) is 84.2 Å². The lowest BCUT2D eigenvalue weighted by atomic mass is 10.0. The van der Waals surface area contributed by atoms with Crippen LogP contribution in [0.25, 0.3) is 0 Å². The zero-order valence-corrected chi connectivity index (χ0v) is 31.9. The van der Waals surface area contributed by atoms with E-state index in [1.807, 2.05) is 19.1 Å².